The molecule has 8 heteroatoms. The van der Waals surface area contributed by atoms with Crippen LogP contribution in [0.2, 0.25) is 0 Å². The fourth-order valence-corrected chi connectivity index (χ4v) is 4.92. The minimum absolute atomic E-state index is 0.0210. The van der Waals surface area contributed by atoms with E-state index in [9.17, 15) is 23.1 Å². The van der Waals surface area contributed by atoms with Gasteiger partial charge in [-0.25, -0.2) is 8.42 Å². The number of sulfonamides is 1. The number of likely N-dealkylation sites (tertiary alicyclic amines) is 1. The van der Waals surface area contributed by atoms with Crippen LogP contribution in [0.3, 0.4) is 0 Å². The van der Waals surface area contributed by atoms with Gasteiger partial charge in [-0.1, -0.05) is 43.2 Å². The molecule has 2 aliphatic rings. The highest BCUT2D eigenvalue weighted by Crippen LogP contribution is 2.29. The van der Waals surface area contributed by atoms with Gasteiger partial charge in [-0.2, -0.15) is 4.72 Å². The Balaban J connectivity index is 1.62. The fraction of sp³-hybridized carbons (Fsp3) is 0.529. The first-order chi connectivity index (χ1) is 11.9. The van der Waals surface area contributed by atoms with E-state index in [4.69, 9.17) is 0 Å². The first-order valence-electron chi connectivity index (χ1n) is 8.46. The van der Waals surface area contributed by atoms with E-state index in [-0.39, 0.29) is 24.9 Å². The number of nitrogens with zero attached hydrogens (tertiary/aromatic N) is 1. The lowest BCUT2D eigenvalue weighted by atomic mass is 10.0. The molecular formula is C17H22N2O5S. The van der Waals surface area contributed by atoms with Gasteiger partial charge in [0.05, 0.1) is 0 Å². The van der Waals surface area contributed by atoms with E-state index in [2.05, 4.69) is 4.72 Å². The third kappa shape index (κ3) is 3.85. The van der Waals surface area contributed by atoms with Crippen LogP contribution in [0.4, 0.5) is 0 Å². The molecule has 1 aromatic rings. The third-order valence-corrected chi connectivity index (χ3v) is 6.70. The summed E-state index contributed by atoms with van der Waals surface area (Å²) in [7, 11) is -3.83. The monoisotopic (exact) mass is 366 g/mol. The molecule has 1 atom stereocenters. The highest BCUT2D eigenvalue weighted by Gasteiger charge is 2.43. The van der Waals surface area contributed by atoms with Gasteiger partial charge in [-0.3, -0.25) is 9.59 Å². The Morgan fingerprint density at radius 3 is 2.28 bits per heavy atom. The Labute approximate surface area is 147 Å². The van der Waals surface area contributed by atoms with Crippen molar-refractivity contribution in [3.8, 4) is 0 Å². The minimum Gasteiger partial charge on any atom is -0.480 e. The summed E-state index contributed by atoms with van der Waals surface area (Å²) in [6, 6.07) is 6.85. The predicted molar refractivity (Wildman–Crippen MR) is 91.2 cm³/mol. The number of benzene rings is 1. The molecule has 0 spiro atoms. The van der Waals surface area contributed by atoms with Crippen molar-refractivity contribution in [1.82, 2.24) is 9.62 Å². The molecule has 136 valence electrons. The summed E-state index contributed by atoms with van der Waals surface area (Å²) in [4.78, 5) is 25.3. The summed E-state index contributed by atoms with van der Waals surface area (Å²) in [5.41, 5.74) is 0.372. The predicted octanol–water partition coefficient (Wildman–Crippen LogP) is 1.13. The fourth-order valence-electron chi connectivity index (χ4n) is 3.41. The van der Waals surface area contributed by atoms with Gasteiger partial charge in [0.2, 0.25) is 15.9 Å². The molecule has 2 N–H and O–H groups in total. The maximum atomic E-state index is 12.5. The Kier molecular flexibility index (Phi) is 5.10. The molecule has 0 unspecified atom stereocenters. The number of hydrogen-bond donors (Lipinski definition) is 2. The molecule has 2 fully saturated rings. The summed E-state index contributed by atoms with van der Waals surface area (Å²) >= 11 is 0. The average Bonchev–Trinajstić information content (AvgIpc) is 3.06. The van der Waals surface area contributed by atoms with Gasteiger partial charge in [0.25, 0.3) is 0 Å². The van der Waals surface area contributed by atoms with Crippen molar-refractivity contribution in [1.29, 1.82) is 0 Å². The summed E-state index contributed by atoms with van der Waals surface area (Å²) in [5.74, 6) is -1.21. The van der Waals surface area contributed by atoms with Crippen molar-refractivity contribution in [3.63, 3.8) is 0 Å². The van der Waals surface area contributed by atoms with Gasteiger partial charge in [-0.05, 0) is 18.4 Å². The summed E-state index contributed by atoms with van der Waals surface area (Å²) in [6.45, 7) is 0.261. The number of carboxylic acids is 1. The highest BCUT2D eigenvalue weighted by atomic mass is 32.2. The highest BCUT2D eigenvalue weighted by molar-refractivity contribution is 7.90. The Morgan fingerprint density at radius 1 is 1.12 bits per heavy atom. The first-order valence-corrected chi connectivity index (χ1v) is 10.0. The number of nitrogens with one attached hydrogen (secondary N) is 1. The maximum absolute atomic E-state index is 12.5. The molecule has 1 heterocycles. The largest absolute Gasteiger partial charge is 0.480 e. The topological polar surface area (TPSA) is 104 Å². The van der Waals surface area contributed by atoms with E-state index in [1.165, 1.54) is 0 Å². The lowest BCUT2D eigenvalue weighted by Gasteiger charge is -2.40. The minimum atomic E-state index is -3.83. The zero-order valence-electron chi connectivity index (χ0n) is 13.8. The Bertz CT molecular complexity index is 738. The number of carbonyl (C=O) groups is 2. The van der Waals surface area contributed by atoms with Gasteiger partial charge in [-0.15, -0.1) is 0 Å². The van der Waals surface area contributed by atoms with E-state index in [1.54, 1.807) is 35.2 Å². The van der Waals surface area contributed by atoms with Crippen LogP contribution in [0.5, 0.6) is 0 Å². The molecule has 1 amide bonds. The van der Waals surface area contributed by atoms with E-state index in [0.29, 0.717) is 5.56 Å². The number of aliphatic carboxylic acids is 1. The van der Waals surface area contributed by atoms with Crippen molar-refractivity contribution in [2.75, 3.05) is 13.1 Å². The standard InChI is InChI=1S/C17H22N2O5S/c20-16(13-8-4-5-9-13)19-10-14(11-19)25(23,24)18-15(17(21)22)12-6-2-1-3-7-12/h1-3,6-7,13-15,18H,4-5,8-11H2,(H,21,22)/t15-/m1/s1. The zero-order chi connectivity index (χ0) is 18.0. The Morgan fingerprint density at radius 2 is 1.72 bits per heavy atom. The number of carbonyl (C=O) groups excluding carboxylic acids is 1. The lowest BCUT2D eigenvalue weighted by Crippen LogP contribution is -2.60. The van der Waals surface area contributed by atoms with Gasteiger partial charge in [0, 0.05) is 19.0 Å². The third-order valence-electron chi connectivity index (χ3n) is 4.96. The molecule has 1 saturated heterocycles. The quantitative estimate of drug-likeness (QED) is 0.785. The number of carboxylic acid groups (broad SMARTS) is 1. The van der Waals surface area contributed by atoms with Crippen molar-refractivity contribution in [3.05, 3.63) is 35.9 Å². The van der Waals surface area contributed by atoms with Crippen LogP contribution < -0.4 is 4.72 Å². The first kappa shape index (κ1) is 17.9. The molecule has 1 aliphatic carbocycles. The lowest BCUT2D eigenvalue weighted by molar-refractivity contribution is -0.140. The van der Waals surface area contributed by atoms with Gasteiger partial charge >= 0.3 is 5.97 Å². The summed E-state index contributed by atoms with van der Waals surface area (Å²) in [5, 5.41) is 8.59. The Hall–Kier alpha value is -1.93. The van der Waals surface area contributed by atoms with Crippen LogP contribution in [0.25, 0.3) is 0 Å². The van der Waals surface area contributed by atoms with Crippen LogP contribution in [-0.2, 0) is 19.6 Å². The molecule has 0 radical (unpaired) electrons. The van der Waals surface area contributed by atoms with Crippen molar-refractivity contribution < 1.29 is 23.1 Å². The molecule has 0 bridgehead atoms. The SMILES string of the molecule is O=C(O)[C@H](NS(=O)(=O)C1CN(C(=O)C2CCCC2)C1)c1ccccc1. The van der Waals surface area contributed by atoms with Gasteiger partial charge < -0.3 is 10.0 Å². The average molecular weight is 366 g/mol. The number of rotatable bonds is 6. The second-order valence-electron chi connectivity index (χ2n) is 6.69. The van der Waals surface area contributed by atoms with Gasteiger partial charge in [0.15, 0.2) is 0 Å². The van der Waals surface area contributed by atoms with Crippen LogP contribution in [0, 0.1) is 5.92 Å². The van der Waals surface area contributed by atoms with E-state index < -0.39 is 27.3 Å². The van der Waals surface area contributed by atoms with E-state index >= 15 is 0 Å². The molecule has 7 nitrogen and oxygen atoms in total. The van der Waals surface area contributed by atoms with Crippen LogP contribution >= 0.6 is 0 Å². The summed E-state index contributed by atoms with van der Waals surface area (Å²) in [6.07, 6.45) is 3.84. The molecule has 1 saturated carbocycles. The van der Waals surface area contributed by atoms with Crippen molar-refractivity contribution in [2.45, 2.75) is 37.0 Å². The normalized spacial score (nSPS) is 20.2. The summed E-state index contributed by atoms with van der Waals surface area (Å²) < 4.78 is 27.2. The second-order valence-corrected chi connectivity index (χ2v) is 8.68. The second kappa shape index (κ2) is 7.13. The molecule has 1 aliphatic heterocycles. The zero-order valence-corrected chi connectivity index (χ0v) is 14.6. The molecule has 25 heavy (non-hydrogen) atoms. The van der Waals surface area contributed by atoms with Gasteiger partial charge in [0.1, 0.15) is 11.3 Å². The smallest absolute Gasteiger partial charge is 0.326 e. The number of amides is 1. The number of hydrogen-bond acceptors (Lipinski definition) is 4. The van der Waals surface area contributed by atoms with Crippen molar-refractivity contribution >= 4 is 21.9 Å². The van der Waals surface area contributed by atoms with Crippen LogP contribution in [-0.4, -0.2) is 48.6 Å². The van der Waals surface area contributed by atoms with E-state index in [0.717, 1.165) is 25.7 Å². The van der Waals surface area contributed by atoms with Crippen LogP contribution in [0.1, 0.15) is 37.3 Å². The molecular weight excluding hydrogens is 344 g/mol. The molecule has 3 rings (SSSR count). The van der Waals surface area contributed by atoms with E-state index in [1.807, 2.05) is 0 Å². The van der Waals surface area contributed by atoms with Crippen LogP contribution in [0.15, 0.2) is 30.3 Å². The molecule has 1 aromatic carbocycles. The van der Waals surface area contributed by atoms with Crippen molar-refractivity contribution in [2.24, 2.45) is 5.92 Å². The molecule has 0 aromatic heterocycles. The maximum Gasteiger partial charge on any atom is 0.326 e.